The van der Waals surface area contributed by atoms with Gasteiger partial charge in [0.2, 0.25) is 5.91 Å². The van der Waals surface area contributed by atoms with Gasteiger partial charge in [-0.2, -0.15) is 0 Å². The molecule has 0 saturated carbocycles. The van der Waals surface area contributed by atoms with Gasteiger partial charge in [-0.15, -0.1) is 0 Å². The minimum absolute atomic E-state index is 0.156. The first-order valence-electron chi connectivity index (χ1n) is 5.58. The second-order valence-electron chi connectivity index (χ2n) is 5.43. The quantitative estimate of drug-likeness (QED) is 0.724. The molecule has 0 spiro atoms. The van der Waals surface area contributed by atoms with Crippen LogP contribution in [0.3, 0.4) is 0 Å². The van der Waals surface area contributed by atoms with Gasteiger partial charge in [-0.3, -0.25) is 4.79 Å². The lowest BCUT2D eigenvalue weighted by Gasteiger charge is -2.21. The Hall–Kier alpha value is -1.26. The molecule has 1 aliphatic heterocycles. The van der Waals surface area contributed by atoms with Crippen molar-refractivity contribution in [3.63, 3.8) is 0 Å². The zero-order valence-corrected chi connectivity index (χ0v) is 10.5. The van der Waals surface area contributed by atoms with E-state index in [-0.39, 0.29) is 23.4 Å². The van der Waals surface area contributed by atoms with Crippen LogP contribution in [0.25, 0.3) is 0 Å². The van der Waals surface area contributed by atoms with E-state index in [9.17, 15) is 9.59 Å². The number of carbonyl (C=O) groups excluding carboxylic acids is 2. The molecule has 1 fully saturated rings. The summed E-state index contributed by atoms with van der Waals surface area (Å²) in [6, 6.07) is -0.172. The van der Waals surface area contributed by atoms with Crippen molar-refractivity contribution in [3.05, 3.63) is 0 Å². The Bertz CT molecular complexity index is 283. The maximum atomic E-state index is 11.5. The fourth-order valence-corrected chi connectivity index (χ4v) is 1.71. The summed E-state index contributed by atoms with van der Waals surface area (Å²) in [5.41, 5.74) is -0.230. The molecule has 5 nitrogen and oxygen atoms in total. The molecule has 2 N–H and O–H groups in total. The van der Waals surface area contributed by atoms with E-state index in [4.69, 9.17) is 0 Å². The Morgan fingerprint density at radius 1 is 1.50 bits per heavy atom. The van der Waals surface area contributed by atoms with E-state index in [0.717, 1.165) is 6.54 Å². The predicted molar refractivity (Wildman–Crippen MR) is 62.0 cm³/mol. The predicted octanol–water partition coefficient (Wildman–Crippen LogP) is 0.562. The van der Waals surface area contributed by atoms with Gasteiger partial charge in [0.25, 0.3) is 0 Å². The van der Waals surface area contributed by atoms with Gasteiger partial charge >= 0.3 is 6.03 Å². The summed E-state index contributed by atoms with van der Waals surface area (Å²) in [4.78, 5) is 24.4. The molecular weight excluding hydrogens is 206 g/mol. The number of urea groups is 1. The third kappa shape index (κ3) is 4.08. The minimum atomic E-state index is -0.230. The highest BCUT2D eigenvalue weighted by atomic mass is 16.2. The average molecular weight is 227 g/mol. The Labute approximate surface area is 96.6 Å². The number of hydrogen-bond donors (Lipinski definition) is 2. The fraction of sp³-hybridized carbons (Fsp3) is 0.818. The van der Waals surface area contributed by atoms with Gasteiger partial charge < -0.3 is 15.5 Å². The van der Waals surface area contributed by atoms with Crippen molar-refractivity contribution in [1.29, 1.82) is 0 Å². The van der Waals surface area contributed by atoms with Crippen molar-refractivity contribution in [2.24, 2.45) is 5.92 Å². The third-order valence-electron chi connectivity index (χ3n) is 2.46. The van der Waals surface area contributed by atoms with Crippen LogP contribution in [0.4, 0.5) is 4.79 Å². The molecule has 0 aromatic carbocycles. The van der Waals surface area contributed by atoms with Crippen LogP contribution in [-0.2, 0) is 4.79 Å². The summed E-state index contributed by atoms with van der Waals surface area (Å²) < 4.78 is 0. The summed E-state index contributed by atoms with van der Waals surface area (Å²) in [6.07, 6.45) is 0.534. The molecular formula is C11H21N3O2. The number of nitrogens with zero attached hydrogens (tertiary/aromatic N) is 1. The summed E-state index contributed by atoms with van der Waals surface area (Å²) in [5.74, 6) is 0.395. The smallest absolute Gasteiger partial charge is 0.315 e. The molecule has 1 aliphatic rings. The molecule has 1 heterocycles. The van der Waals surface area contributed by atoms with Crippen LogP contribution >= 0.6 is 0 Å². The number of likely N-dealkylation sites (tertiary alicyclic amines) is 1. The van der Waals surface area contributed by atoms with E-state index in [1.54, 1.807) is 11.9 Å². The van der Waals surface area contributed by atoms with Crippen molar-refractivity contribution >= 4 is 11.9 Å². The van der Waals surface area contributed by atoms with Crippen LogP contribution in [0.15, 0.2) is 0 Å². The van der Waals surface area contributed by atoms with E-state index in [1.165, 1.54) is 0 Å². The Kier molecular flexibility index (Phi) is 3.78. The van der Waals surface area contributed by atoms with Crippen LogP contribution in [0.5, 0.6) is 0 Å². The van der Waals surface area contributed by atoms with Gasteiger partial charge in [0.15, 0.2) is 0 Å². The van der Waals surface area contributed by atoms with Crippen LogP contribution < -0.4 is 10.6 Å². The zero-order chi connectivity index (χ0) is 12.3. The Balaban J connectivity index is 2.26. The fourth-order valence-electron chi connectivity index (χ4n) is 1.71. The van der Waals surface area contributed by atoms with Gasteiger partial charge in [0.05, 0.1) is 0 Å². The largest absolute Gasteiger partial charge is 0.345 e. The molecule has 1 atom stereocenters. The molecule has 0 aliphatic carbocycles. The molecule has 1 rings (SSSR count). The SMILES string of the molecule is CN1CC(CNC(=O)NC(C)(C)C)CC1=O. The van der Waals surface area contributed by atoms with E-state index < -0.39 is 0 Å². The summed E-state index contributed by atoms with van der Waals surface area (Å²) >= 11 is 0. The van der Waals surface area contributed by atoms with E-state index in [0.29, 0.717) is 13.0 Å². The zero-order valence-electron chi connectivity index (χ0n) is 10.5. The molecule has 92 valence electrons. The molecule has 3 amide bonds. The second kappa shape index (κ2) is 4.72. The molecule has 1 unspecified atom stereocenters. The van der Waals surface area contributed by atoms with Gasteiger partial charge in [-0.05, 0) is 20.8 Å². The number of nitrogens with one attached hydrogen (secondary N) is 2. The maximum Gasteiger partial charge on any atom is 0.315 e. The lowest BCUT2D eigenvalue weighted by atomic mass is 10.1. The van der Waals surface area contributed by atoms with Crippen molar-refractivity contribution in [3.8, 4) is 0 Å². The highest BCUT2D eigenvalue weighted by Gasteiger charge is 2.27. The van der Waals surface area contributed by atoms with Gasteiger partial charge in [-0.25, -0.2) is 4.79 Å². The standard InChI is InChI=1S/C11H21N3O2/c1-11(2,3)13-10(16)12-6-8-5-9(15)14(4)7-8/h8H,5-7H2,1-4H3,(H2,12,13,16). The van der Waals surface area contributed by atoms with E-state index in [1.807, 2.05) is 20.8 Å². The van der Waals surface area contributed by atoms with Crippen LogP contribution in [0, 0.1) is 5.92 Å². The third-order valence-corrected chi connectivity index (χ3v) is 2.46. The normalized spacial score (nSPS) is 21.1. The van der Waals surface area contributed by atoms with Gasteiger partial charge in [0, 0.05) is 38.0 Å². The summed E-state index contributed by atoms with van der Waals surface area (Å²) in [7, 11) is 1.79. The molecule has 1 saturated heterocycles. The molecule has 0 aromatic heterocycles. The first-order valence-corrected chi connectivity index (χ1v) is 5.58. The monoisotopic (exact) mass is 227 g/mol. The maximum absolute atomic E-state index is 11.5. The number of rotatable bonds is 2. The topological polar surface area (TPSA) is 61.4 Å². The molecule has 0 aromatic rings. The molecule has 16 heavy (non-hydrogen) atoms. The Morgan fingerprint density at radius 3 is 2.56 bits per heavy atom. The molecule has 0 radical (unpaired) electrons. The van der Waals surface area contributed by atoms with Crippen molar-refractivity contribution in [2.75, 3.05) is 20.1 Å². The molecule has 5 heteroatoms. The van der Waals surface area contributed by atoms with E-state index in [2.05, 4.69) is 10.6 Å². The highest BCUT2D eigenvalue weighted by molar-refractivity contribution is 5.78. The first-order chi connectivity index (χ1) is 7.28. The number of carbonyl (C=O) groups is 2. The van der Waals surface area contributed by atoms with Crippen molar-refractivity contribution < 1.29 is 9.59 Å². The van der Waals surface area contributed by atoms with Crippen LogP contribution in [-0.4, -0.2) is 42.5 Å². The second-order valence-corrected chi connectivity index (χ2v) is 5.43. The number of amides is 3. The van der Waals surface area contributed by atoms with E-state index >= 15 is 0 Å². The van der Waals surface area contributed by atoms with Crippen LogP contribution in [0.2, 0.25) is 0 Å². The van der Waals surface area contributed by atoms with Gasteiger partial charge in [-0.1, -0.05) is 0 Å². The lowest BCUT2D eigenvalue weighted by molar-refractivity contribution is -0.126. The lowest BCUT2D eigenvalue weighted by Crippen LogP contribution is -2.47. The van der Waals surface area contributed by atoms with Crippen molar-refractivity contribution in [1.82, 2.24) is 15.5 Å². The first kappa shape index (κ1) is 12.8. The highest BCUT2D eigenvalue weighted by Crippen LogP contribution is 2.14. The van der Waals surface area contributed by atoms with Crippen LogP contribution in [0.1, 0.15) is 27.2 Å². The number of hydrogen-bond acceptors (Lipinski definition) is 2. The van der Waals surface area contributed by atoms with Crippen molar-refractivity contribution in [2.45, 2.75) is 32.7 Å². The summed E-state index contributed by atoms with van der Waals surface area (Å²) in [6.45, 7) is 7.07. The Morgan fingerprint density at radius 2 is 2.12 bits per heavy atom. The summed E-state index contributed by atoms with van der Waals surface area (Å²) in [5, 5.41) is 5.61. The molecule has 0 bridgehead atoms. The average Bonchev–Trinajstić information content (AvgIpc) is 2.40. The minimum Gasteiger partial charge on any atom is -0.345 e. The van der Waals surface area contributed by atoms with Gasteiger partial charge in [0.1, 0.15) is 0 Å².